The summed E-state index contributed by atoms with van der Waals surface area (Å²) in [5, 5.41) is 3.50. The van der Waals surface area contributed by atoms with E-state index in [0.29, 0.717) is 5.41 Å². The van der Waals surface area contributed by atoms with Crippen LogP contribution in [0.4, 0.5) is 0 Å². The van der Waals surface area contributed by atoms with Gasteiger partial charge in [-0.05, 0) is 45.4 Å². The molecule has 0 aromatic heterocycles. The first-order chi connectivity index (χ1) is 7.97. The summed E-state index contributed by atoms with van der Waals surface area (Å²) in [5.41, 5.74) is 0.493. The van der Waals surface area contributed by atoms with Gasteiger partial charge in [0.15, 0.2) is 0 Å². The molecule has 0 unspecified atom stereocenters. The van der Waals surface area contributed by atoms with E-state index in [1.165, 1.54) is 25.7 Å². The van der Waals surface area contributed by atoms with E-state index in [9.17, 15) is 0 Å². The van der Waals surface area contributed by atoms with Crippen LogP contribution in [-0.4, -0.2) is 39.0 Å². The minimum atomic E-state index is -0.00554. The molecule has 0 aliphatic heterocycles. The Bertz CT molecular complexity index is 207. The first-order valence-electron chi connectivity index (χ1n) is 6.81. The largest absolute Gasteiger partial charge is 0.383 e. The van der Waals surface area contributed by atoms with Crippen molar-refractivity contribution in [1.29, 1.82) is 0 Å². The average Bonchev–Trinajstić information content (AvgIpc) is 2.17. The van der Waals surface area contributed by atoms with Gasteiger partial charge in [-0.25, -0.2) is 0 Å². The van der Waals surface area contributed by atoms with Gasteiger partial charge in [-0.15, -0.1) is 0 Å². The quantitative estimate of drug-likeness (QED) is 0.665. The van der Waals surface area contributed by atoms with E-state index in [1.54, 1.807) is 7.11 Å². The Kier molecular flexibility index (Phi) is 5.90. The topological polar surface area (TPSA) is 30.5 Å². The first kappa shape index (κ1) is 14.9. The summed E-state index contributed by atoms with van der Waals surface area (Å²) in [6, 6.07) is 0. The van der Waals surface area contributed by atoms with Crippen molar-refractivity contribution >= 4 is 0 Å². The van der Waals surface area contributed by atoms with Gasteiger partial charge >= 0.3 is 0 Å². The van der Waals surface area contributed by atoms with Crippen LogP contribution in [0.3, 0.4) is 0 Å². The van der Waals surface area contributed by atoms with Gasteiger partial charge < -0.3 is 14.8 Å². The Morgan fingerprint density at radius 3 is 2.35 bits per heavy atom. The van der Waals surface area contributed by atoms with Crippen molar-refractivity contribution in [2.75, 3.05) is 33.4 Å². The van der Waals surface area contributed by atoms with E-state index in [-0.39, 0.29) is 5.60 Å². The molecule has 3 nitrogen and oxygen atoms in total. The first-order valence-corrected chi connectivity index (χ1v) is 6.81. The summed E-state index contributed by atoms with van der Waals surface area (Å²) in [6.45, 7) is 10.1. The van der Waals surface area contributed by atoms with Crippen LogP contribution in [-0.2, 0) is 9.47 Å². The molecule has 0 spiro atoms. The molecule has 1 aliphatic rings. The van der Waals surface area contributed by atoms with Crippen molar-refractivity contribution in [3.63, 3.8) is 0 Å². The Labute approximate surface area is 106 Å². The highest BCUT2D eigenvalue weighted by molar-refractivity contribution is 4.89. The van der Waals surface area contributed by atoms with Gasteiger partial charge in [0.05, 0.1) is 12.2 Å². The molecule has 17 heavy (non-hydrogen) atoms. The third kappa shape index (κ3) is 5.84. The highest BCUT2D eigenvalue weighted by Gasteiger charge is 2.36. The molecule has 0 saturated heterocycles. The summed E-state index contributed by atoms with van der Waals surface area (Å²) in [5.74, 6) is 0. The zero-order valence-electron chi connectivity index (χ0n) is 12.0. The highest BCUT2D eigenvalue weighted by Crippen LogP contribution is 2.43. The Balaban J connectivity index is 2.17. The summed E-state index contributed by atoms with van der Waals surface area (Å²) in [4.78, 5) is 0. The minimum Gasteiger partial charge on any atom is -0.383 e. The van der Waals surface area contributed by atoms with Crippen molar-refractivity contribution in [2.45, 2.75) is 52.1 Å². The van der Waals surface area contributed by atoms with Crippen molar-refractivity contribution < 1.29 is 9.47 Å². The van der Waals surface area contributed by atoms with Gasteiger partial charge in [0, 0.05) is 26.8 Å². The van der Waals surface area contributed by atoms with Crippen LogP contribution in [0, 0.1) is 5.41 Å². The maximum atomic E-state index is 5.84. The monoisotopic (exact) mass is 243 g/mol. The summed E-state index contributed by atoms with van der Waals surface area (Å²) >= 11 is 0. The zero-order valence-corrected chi connectivity index (χ0v) is 12.0. The lowest BCUT2D eigenvalue weighted by Crippen LogP contribution is -2.42. The Hall–Kier alpha value is -0.120. The number of hydrogen-bond acceptors (Lipinski definition) is 3. The molecule has 102 valence electrons. The molecular weight excluding hydrogens is 214 g/mol. The predicted molar refractivity (Wildman–Crippen MR) is 71.4 cm³/mol. The standard InChI is InChI=1S/C14H29NO2/c1-13(2,3)17-10-8-14(6-5-7-14)12-15-9-11-16-4/h15H,5-12H2,1-4H3. The van der Waals surface area contributed by atoms with Gasteiger partial charge in [-0.1, -0.05) is 6.42 Å². The fraction of sp³-hybridized carbons (Fsp3) is 1.00. The molecule has 1 saturated carbocycles. The molecular formula is C14H29NO2. The van der Waals surface area contributed by atoms with Gasteiger partial charge in [-0.3, -0.25) is 0 Å². The van der Waals surface area contributed by atoms with Gasteiger partial charge in [-0.2, -0.15) is 0 Å². The maximum Gasteiger partial charge on any atom is 0.0598 e. The number of rotatable bonds is 8. The van der Waals surface area contributed by atoms with Gasteiger partial charge in [0.2, 0.25) is 0 Å². The van der Waals surface area contributed by atoms with Crippen LogP contribution in [0.15, 0.2) is 0 Å². The van der Waals surface area contributed by atoms with Crippen molar-refractivity contribution in [2.24, 2.45) is 5.41 Å². The molecule has 1 fully saturated rings. The number of nitrogens with one attached hydrogen (secondary N) is 1. The Morgan fingerprint density at radius 2 is 1.88 bits per heavy atom. The van der Waals surface area contributed by atoms with E-state index in [1.807, 2.05) is 0 Å². The van der Waals surface area contributed by atoms with Crippen LogP contribution >= 0.6 is 0 Å². The molecule has 1 N–H and O–H groups in total. The zero-order chi connectivity index (χ0) is 12.8. The van der Waals surface area contributed by atoms with Crippen LogP contribution in [0.2, 0.25) is 0 Å². The van der Waals surface area contributed by atoms with Crippen LogP contribution in [0.25, 0.3) is 0 Å². The van der Waals surface area contributed by atoms with E-state index < -0.39 is 0 Å². The molecule has 1 rings (SSSR count). The molecule has 0 radical (unpaired) electrons. The lowest BCUT2D eigenvalue weighted by atomic mass is 9.67. The molecule has 0 amide bonds. The number of hydrogen-bond donors (Lipinski definition) is 1. The summed E-state index contributed by atoms with van der Waals surface area (Å²) in [7, 11) is 1.75. The Morgan fingerprint density at radius 1 is 1.18 bits per heavy atom. The van der Waals surface area contributed by atoms with Gasteiger partial charge in [0.25, 0.3) is 0 Å². The lowest BCUT2D eigenvalue weighted by molar-refractivity contribution is -0.0312. The van der Waals surface area contributed by atoms with Crippen molar-refractivity contribution in [1.82, 2.24) is 5.32 Å². The molecule has 0 heterocycles. The fourth-order valence-corrected chi connectivity index (χ4v) is 2.29. The molecule has 0 aromatic rings. The second-order valence-electron chi connectivity index (χ2n) is 6.23. The molecule has 0 aromatic carbocycles. The predicted octanol–water partition coefficient (Wildman–Crippen LogP) is 2.60. The van der Waals surface area contributed by atoms with Gasteiger partial charge in [0.1, 0.15) is 0 Å². The SMILES string of the molecule is COCCNCC1(CCOC(C)(C)C)CCC1. The summed E-state index contributed by atoms with van der Waals surface area (Å²) < 4.78 is 10.9. The van der Waals surface area contributed by atoms with E-state index in [4.69, 9.17) is 9.47 Å². The average molecular weight is 243 g/mol. The number of ether oxygens (including phenoxy) is 2. The lowest BCUT2D eigenvalue weighted by Gasteiger charge is -2.42. The third-order valence-electron chi connectivity index (χ3n) is 3.56. The van der Waals surface area contributed by atoms with E-state index >= 15 is 0 Å². The van der Waals surface area contributed by atoms with Crippen molar-refractivity contribution in [3.8, 4) is 0 Å². The second kappa shape index (κ2) is 6.72. The van der Waals surface area contributed by atoms with Crippen LogP contribution in [0.1, 0.15) is 46.5 Å². The summed E-state index contributed by atoms with van der Waals surface area (Å²) in [6.07, 6.45) is 5.26. The van der Waals surface area contributed by atoms with Crippen molar-refractivity contribution in [3.05, 3.63) is 0 Å². The minimum absolute atomic E-state index is 0.00554. The molecule has 0 atom stereocenters. The van der Waals surface area contributed by atoms with E-state index in [0.717, 1.165) is 26.3 Å². The fourth-order valence-electron chi connectivity index (χ4n) is 2.29. The smallest absolute Gasteiger partial charge is 0.0598 e. The maximum absolute atomic E-state index is 5.84. The molecule has 3 heteroatoms. The second-order valence-corrected chi connectivity index (χ2v) is 6.23. The van der Waals surface area contributed by atoms with Crippen LogP contribution < -0.4 is 5.32 Å². The van der Waals surface area contributed by atoms with E-state index in [2.05, 4.69) is 26.1 Å². The highest BCUT2D eigenvalue weighted by atomic mass is 16.5. The normalized spacial score (nSPS) is 19.1. The van der Waals surface area contributed by atoms with Crippen LogP contribution in [0.5, 0.6) is 0 Å². The molecule has 1 aliphatic carbocycles. The molecule has 0 bridgehead atoms. The third-order valence-corrected chi connectivity index (χ3v) is 3.56. The number of methoxy groups -OCH3 is 1.